The summed E-state index contributed by atoms with van der Waals surface area (Å²) in [6.07, 6.45) is 3.94. The third kappa shape index (κ3) is 5.86. The molecule has 2 aliphatic heterocycles. The van der Waals surface area contributed by atoms with Gasteiger partial charge in [0.25, 0.3) is 0 Å². The molecule has 2 N–H and O–H groups in total. The molecule has 1 saturated heterocycles. The number of hydrogen-bond donors (Lipinski definition) is 2. The summed E-state index contributed by atoms with van der Waals surface area (Å²) >= 11 is 0. The minimum absolute atomic E-state index is 0.0359. The maximum atomic E-state index is 13.7. The molecule has 0 aromatic heterocycles. The molecule has 9 heteroatoms. The first-order valence-electron chi connectivity index (χ1n) is 15.0. The molecule has 3 aromatic carbocycles. The van der Waals surface area contributed by atoms with Crippen LogP contribution >= 0.6 is 0 Å². The highest BCUT2D eigenvalue weighted by atomic mass is 16.7. The molecule has 0 spiro atoms. The first-order valence-corrected chi connectivity index (χ1v) is 15.0. The number of carbonyl (C=O) groups is 2. The fraction of sp³-hybridized carbons (Fsp3) is 0.412. The zero-order valence-electron chi connectivity index (χ0n) is 24.8. The Morgan fingerprint density at radius 2 is 1.72 bits per heavy atom. The van der Waals surface area contributed by atoms with Crippen LogP contribution < -0.4 is 24.3 Å². The normalized spacial score (nSPS) is 21.0. The highest BCUT2D eigenvalue weighted by Crippen LogP contribution is 2.50. The number of aliphatic carboxylic acids is 1. The third-order valence-electron chi connectivity index (χ3n) is 8.65. The molecule has 1 amide bonds. The highest BCUT2D eigenvalue weighted by molar-refractivity contribution is 5.94. The predicted molar refractivity (Wildman–Crippen MR) is 161 cm³/mol. The Labute approximate surface area is 251 Å². The summed E-state index contributed by atoms with van der Waals surface area (Å²) in [5.74, 6) is -0.0859. The van der Waals surface area contributed by atoms with Crippen LogP contribution in [-0.4, -0.2) is 55.0 Å². The molecule has 2 fully saturated rings. The van der Waals surface area contributed by atoms with E-state index in [1.165, 1.54) is 0 Å². The van der Waals surface area contributed by atoms with Crippen molar-refractivity contribution in [2.45, 2.75) is 57.6 Å². The van der Waals surface area contributed by atoms with E-state index < -0.39 is 23.8 Å². The van der Waals surface area contributed by atoms with Gasteiger partial charge in [-0.2, -0.15) is 0 Å². The molecular weight excluding hydrogens is 548 g/mol. The summed E-state index contributed by atoms with van der Waals surface area (Å²) in [7, 11) is 1.55. The first-order chi connectivity index (χ1) is 20.9. The summed E-state index contributed by atoms with van der Waals surface area (Å²) in [6.45, 7) is 4.60. The number of carboxylic acids is 1. The van der Waals surface area contributed by atoms with Gasteiger partial charge in [-0.3, -0.25) is 14.5 Å². The second-order valence-electron chi connectivity index (χ2n) is 11.4. The van der Waals surface area contributed by atoms with E-state index in [1.807, 2.05) is 59.5 Å². The Hall–Kier alpha value is -4.24. The Bertz CT molecular complexity index is 1480. The van der Waals surface area contributed by atoms with Crippen LogP contribution in [0.5, 0.6) is 23.0 Å². The number of rotatable bonds is 11. The molecule has 1 aliphatic carbocycles. The van der Waals surface area contributed by atoms with Gasteiger partial charge in [0.05, 0.1) is 25.7 Å². The molecule has 2 heterocycles. The van der Waals surface area contributed by atoms with E-state index in [4.69, 9.17) is 18.9 Å². The fourth-order valence-corrected chi connectivity index (χ4v) is 6.38. The quantitative estimate of drug-likeness (QED) is 0.300. The van der Waals surface area contributed by atoms with Crippen molar-refractivity contribution in [3.05, 3.63) is 76.9 Å². The second-order valence-corrected chi connectivity index (χ2v) is 11.4. The number of methoxy groups -OCH3 is 1. The molecular formula is C34H38N2O7. The molecule has 3 aromatic rings. The number of anilines is 1. The van der Waals surface area contributed by atoms with Crippen molar-refractivity contribution in [3.8, 4) is 23.0 Å². The van der Waals surface area contributed by atoms with Gasteiger partial charge in [0.2, 0.25) is 18.4 Å². The highest BCUT2D eigenvalue weighted by Gasteiger charge is 2.48. The van der Waals surface area contributed by atoms with Gasteiger partial charge in [-0.15, -0.1) is 0 Å². The number of aryl methyl sites for hydroxylation is 2. The topological polar surface area (TPSA) is 107 Å². The number of nitrogens with zero attached hydrogens (tertiary/aromatic N) is 1. The SMILES string of the molecule is CCc1cccc(CC)c1NC(=O)CN1C[C@H](c2cc(OC)c3c(c2)OCO3)C(C(=O)O)[C@@H]1c1ccc(OC2CC2)cc1. The van der Waals surface area contributed by atoms with Gasteiger partial charge in [-0.1, -0.05) is 44.2 Å². The third-order valence-corrected chi connectivity index (χ3v) is 8.65. The van der Waals surface area contributed by atoms with E-state index in [0.717, 1.165) is 59.4 Å². The van der Waals surface area contributed by atoms with Gasteiger partial charge in [0.15, 0.2) is 11.5 Å². The van der Waals surface area contributed by atoms with Crippen molar-refractivity contribution >= 4 is 17.6 Å². The van der Waals surface area contributed by atoms with Crippen LogP contribution in [0.2, 0.25) is 0 Å². The number of carbonyl (C=O) groups excluding carboxylic acids is 1. The number of carboxylic acid groups (broad SMARTS) is 1. The number of nitrogens with one attached hydrogen (secondary N) is 1. The first kappa shape index (κ1) is 28.9. The lowest BCUT2D eigenvalue weighted by Gasteiger charge is -2.27. The second kappa shape index (κ2) is 12.2. The summed E-state index contributed by atoms with van der Waals surface area (Å²) < 4.78 is 22.7. The number of ether oxygens (including phenoxy) is 4. The van der Waals surface area contributed by atoms with E-state index in [0.29, 0.717) is 23.8 Å². The van der Waals surface area contributed by atoms with E-state index in [9.17, 15) is 14.7 Å². The van der Waals surface area contributed by atoms with Crippen molar-refractivity contribution in [1.29, 1.82) is 0 Å². The average molecular weight is 587 g/mol. The lowest BCUT2D eigenvalue weighted by Crippen LogP contribution is -2.35. The predicted octanol–water partition coefficient (Wildman–Crippen LogP) is 5.57. The summed E-state index contributed by atoms with van der Waals surface area (Å²) in [6, 6.07) is 16.8. The van der Waals surface area contributed by atoms with Crippen molar-refractivity contribution in [2.75, 3.05) is 32.3 Å². The lowest BCUT2D eigenvalue weighted by molar-refractivity contribution is -0.143. The van der Waals surface area contributed by atoms with Crippen LogP contribution in [0.3, 0.4) is 0 Å². The van der Waals surface area contributed by atoms with Crippen molar-refractivity contribution in [1.82, 2.24) is 4.90 Å². The zero-order chi connectivity index (χ0) is 30.1. The summed E-state index contributed by atoms with van der Waals surface area (Å²) in [5.41, 5.74) is 4.58. The Morgan fingerprint density at radius 3 is 2.35 bits per heavy atom. The van der Waals surface area contributed by atoms with Gasteiger partial charge >= 0.3 is 5.97 Å². The van der Waals surface area contributed by atoms with Crippen LogP contribution in [0.4, 0.5) is 5.69 Å². The van der Waals surface area contributed by atoms with Crippen molar-refractivity contribution < 1.29 is 33.6 Å². The summed E-state index contributed by atoms with van der Waals surface area (Å²) in [5, 5.41) is 13.8. The molecule has 1 unspecified atom stereocenters. The van der Waals surface area contributed by atoms with E-state index in [-0.39, 0.29) is 25.3 Å². The molecule has 0 radical (unpaired) electrons. The molecule has 226 valence electrons. The van der Waals surface area contributed by atoms with Gasteiger partial charge in [-0.25, -0.2) is 0 Å². The minimum Gasteiger partial charge on any atom is -0.493 e. The van der Waals surface area contributed by atoms with Crippen molar-refractivity contribution in [2.24, 2.45) is 5.92 Å². The van der Waals surface area contributed by atoms with Gasteiger partial charge < -0.3 is 29.4 Å². The molecule has 43 heavy (non-hydrogen) atoms. The maximum absolute atomic E-state index is 13.7. The smallest absolute Gasteiger partial charge is 0.309 e. The number of likely N-dealkylation sites (tertiary alicyclic amines) is 1. The minimum atomic E-state index is -0.933. The van der Waals surface area contributed by atoms with E-state index in [2.05, 4.69) is 19.2 Å². The number of benzene rings is 3. The lowest BCUT2D eigenvalue weighted by atomic mass is 9.82. The van der Waals surface area contributed by atoms with Crippen LogP contribution in [0.25, 0.3) is 0 Å². The molecule has 1 saturated carbocycles. The Kier molecular flexibility index (Phi) is 8.17. The van der Waals surface area contributed by atoms with E-state index in [1.54, 1.807) is 7.11 Å². The molecule has 3 atom stereocenters. The maximum Gasteiger partial charge on any atom is 0.309 e. The Morgan fingerprint density at radius 1 is 1.00 bits per heavy atom. The Balaban J connectivity index is 1.34. The number of fused-ring (bicyclic) bond motifs is 1. The molecule has 0 bridgehead atoms. The van der Waals surface area contributed by atoms with Crippen LogP contribution in [-0.2, 0) is 22.4 Å². The monoisotopic (exact) mass is 586 g/mol. The molecule has 9 nitrogen and oxygen atoms in total. The van der Waals surface area contributed by atoms with Gasteiger partial charge in [-0.05, 0) is 72.2 Å². The zero-order valence-corrected chi connectivity index (χ0v) is 24.8. The number of hydrogen-bond acceptors (Lipinski definition) is 7. The van der Waals surface area contributed by atoms with Crippen molar-refractivity contribution in [3.63, 3.8) is 0 Å². The van der Waals surface area contributed by atoms with Crippen LogP contribution in [0.15, 0.2) is 54.6 Å². The van der Waals surface area contributed by atoms with Gasteiger partial charge in [0.1, 0.15) is 5.75 Å². The largest absolute Gasteiger partial charge is 0.493 e. The van der Waals surface area contributed by atoms with Gasteiger partial charge in [0, 0.05) is 24.2 Å². The van der Waals surface area contributed by atoms with E-state index >= 15 is 0 Å². The van der Waals surface area contributed by atoms with Crippen LogP contribution in [0, 0.1) is 5.92 Å². The number of para-hydroxylation sites is 1. The van der Waals surface area contributed by atoms with Crippen LogP contribution in [0.1, 0.15) is 60.9 Å². The standard InChI is InChI=1S/C34H38N2O7/c1-4-20-7-6-8-21(5-2)31(20)35-29(37)18-36-17-26(23-15-27(40-3)33-28(16-23)41-19-42-33)30(34(38)39)32(36)22-9-11-24(12-10-22)43-25-13-14-25/h6-12,15-16,25-26,30,32H,4-5,13-14,17-19H2,1-3H3,(H,35,37)(H,38,39)/t26-,30?,32+/m1/s1. The number of amides is 1. The summed E-state index contributed by atoms with van der Waals surface area (Å²) in [4.78, 5) is 28.7. The average Bonchev–Trinajstić information content (AvgIpc) is 3.55. The fourth-order valence-electron chi connectivity index (χ4n) is 6.38. The molecule has 3 aliphatic rings. The molecule has 6 rings (SSSR count).